The highest BCUT2D eigenvalue weighted by atomic mass is 79.9. The zero-order valence-electron chi connectivity index (χ0n) is 12.3. The third-order valence-electron chi connectivity index (χ3n) is 5.11. The molecule has 1 saturated carbocycles. The van der Waals surface area contributed by atoms with Crippen LogP contribution >= 0.6 is 27.3 Å². The highest BCUT2D eigenvalue weighted by molar-refractivity contribution is 9.10. The van der Waals surface area contributed by atoms with E-state index >= 15 is 0 Å². The van der Waals surface area contributed by atoms with Crippen LogP contribution in [0, 0.1) is 12.8 Å². The van der Waals surface area contributed by atoms with Crippen LogP contribution in [0.25, 0.3) is 0 Å². The monoisotopic (exact) mass is 356 g/mol. The molecule has 0 radical (unpaired) electrons. The van der Waals surface area contributed by atoms with Gasteiger partial charge in [-0.05, 0) is 67.1 Å². The molecule has 0 spiro atoms. The first-order valence-electron chi connectivity index (χ1n) is 7.92. The van der Waals surface area contributed by atoms with Crippen LogP contribution < -0.4 is 5.73 Å². The number of rotatable bonds is 4. The van der Waals surface area contributed by atoms with Crippen LogP contribution in [0.4, 0.5) is 0 Å². The number of nitrogens with zero attached hydrogens (tertiary/aromatic N) is 1. The lowest BCUT2D eigenvalue weighted by Crippen LogP contribution is -2.40. The molecule has 0 bridgehead atoms. The Bertz CT molecular complexity index is 434. The Balaban J connectivity index is 1.80. The Morgan fingerprint density at radius 1 is 1.35 bits per heavy atom. The van der Waals surface area contributed by atoms with Crippen LogP contribution in [-0.4, -0.2) is 24.0 Å². The molecule has 112 valence electrons. The van der Waals surface area contributed by atoms with Crippen molar-refractivity contribution in [1.82, 2.24) is 4.90 Å². The average Bonchev–Trinajstić information content (AvgIpc) is 3.13. The summed E-state index contributed by atoms with van der Waals surface area (Å²) >= 11 is 5.56. The van der Waals surface area contributed by atoms with Crippen molar-refractivity contribution in [3.05, 3.63) is 20.3 Å². The summed E-state index contributed by atoms with van der Waals surface area (Å²) in [6.45, 7) is 4.16. The van der Waals surface area contributed by atoms with Gasteiger partial charge in [-0.1, -0.05) is 12.8 Å². The van der Waals surface area contributed by atoms with Gasteiger partial charge in [0.1, 0.15) is 0 Å². The van der Waals surface area contributed by atoms with Gasteiger partial charge < -0.3 is 5.73 Å². The van der Waals surface area contributed by atoms with Crippen molar-refractivity contribution < 1.29 is 0 Å². The second kappa shape index (κ2) is 6.47. The minimum atomic E-state index is 0.429. The van der Waals surface area contributed by atoms with Crippen molar-refractivity contribution in [3.63, 3.8) is 0 Å². The molecular formula is C16H25BrN2S. The van der Waals surface area contributed by atoms with E-state index in [4.69, 9.17) is 5.73 Å². The zero-order valence-corrected chi connectivity index (χ0v) is 14.7. The van der Waals surface area contributed by atoms with Crippen LogP contribution in [0.5, 0.6) is 0 Å². The molecule has 20 heavy (non-hydrogen) atoms. The maximum Gasteiger partial charge on any atom is 0.0567 e. The number of hydrogen-bond acceptors (Lipinski definition) is 3. The van der Waals surface area contributed by atoms with E-state index in [1.165, 1.54) is 59.3 Å². The van der Waals surface area contributed by atoms with Crippen LogP contribution in [0.2, 0.25) is 0 Å². The lowest BCUT2D eigenvalue weighted by Gasteiger charge is -2.35. The molecule has 2 N–H and O–H groups in total. The first-order valence-corrected chi connectivity index (χ1v) is 9.53. The number of thiophene rings is 1. The van der Waals surface area contributed by atoms with Gasteiger partial charge in [-0.2, -0.15) is 0 Å². The molecule has 0 amide bonds. The summed E-state index contributed by atoms with van der Waals surface area (Å²) in [5.41, 5.74) is 6.15. The standard InChI is InChI=1S/C16H25BrN2S/c1-11-13(17)9-16(20-11)15(10-18)19-8-4-7-14(19)12-5-2-3-6-12/h9,12,14-15H,2-8,10,18H2,1H3. The summed E-state index contributed by atoms with van der Waals surface area (Å²) < 4.78 is 1.24. The highest BCUT2D eigenvalue weighted by Gasteiger charge is 2.37. The Morgan fingerprint density at radius 3 is 2.70 bits per heavy atom. The molecule has 1 aromatic heterocycles. The molecule has 2 fully saturated rings. The van der Waals surface area contributed by atoms with Crippen molar-refractivity contribution >= 4 is 27.3 Å². The summed E-state index contributed by atoms with van der Waals surface area (Å²) in [5, 5.41) is 0. The predicted octanol–water partition coefficient (Wildman–Crippen LogP) is 4.47. The van der Waals surface area contributed by atoms with Gasteiger partial charge in [-0.25, -0.2) is 0 Å². The van der Waals surface area contributed by atoms with Gasteiger partial charge in [0.05, 0.1) is 6.04 Å². The number of hydrogen-bond donors (Lipinski definition) is 1. The molecule has 2 heterocycles. The smallest absolute Gasteiger partial charge is 0.0567 e. The van der Waals surface area contributed by atoms with Crippen molar-refractivity contribution in [2.75, 3.05) is 13.1 Å². The van der Waals surface area contributed by atoms with Crippen molar-refractivity contribution in [2.45, 2.75) is 57.5 Å². The maximum absolute atomic E-state index is 6.15. The van der Waals surface area contributed by atoms with Gasteiger partial charge in [0.15, 0.2) is 0 Å². The van der Waals surface area contributed by atoms with E-state index in [1.54, 1.807) is 0 Å². The fourth-order valence-electron chi connectivity index (χ4n) is 4.11. The van der Waals surface area contributed by atoms with Crippen molar-refractivity contribution in [3.8, 4) is 0 Å². The number of halogens is 1. The minimum Gasteiger partial charge on any atom is -0.329 e. The van der Waals surface area contributed by atoms with E-state index in [9.17, 15) is 0 Å². The first kappa shape index (κ1) is 15.0. The Hall–Kier alpha value is 0.100. The van der Waals surface area contributed by atoms with Gasteiger partial charge >= 0.3 is 0 Å². The third kappa shape index (κ3) is 2.85. The van der Waals surface area contributed by atoms with Gasteiger partial charge in [0.25, 0.3) is 0 Å². The zero-order chi connectivity index (χ0) is 14.1. The molecule has 1 aliphatic carbocycles. The second-order valence-corrected chi connectivity index (χ2v) is 8.44. The lowest BCUT2D eigenvalue weighted by atomic mass is 9.95. The highest BCUT2D eigenvalue weighted by Crippen LogP contribution is 2.41. The lowest BCUT2D eigenvalue weighted by molar-refractivity contribution is 0.140. The Labute approximate surface area is 134 Å². The molecule has 0 aromatic carbocycles. The van der Waals surface area contributed by atoms with Gasteiger partial charge in [0, 0.05) is 26.8 Å². The topological polar surface area (TPSA) is 29.3 Å². The van der Waals surface area contributed by atoms with Crippen molar-refractivity contribution in [1.29, 1.82) is 0 Å². The van der Waals surface area contributed by atoms with Gasteiger partial charge in [0.2, 0.25) is 0 Å². The maximum atomic E-state index is 6.15. The Morgan fingerprint density at radius 2 is 2.10 bits per heavy atom. The van der Waals surface area contributed by atoms with Crippen LogP contribution in [0.15, 0.2) is 10.5 Å². The SMILES string of the molecule is Cc1sc(C(CN)N2CCCC2C2CCCC2)cc1Br. The molecular weight excluding hydrogens is 332 g/mol. The van der Waals surface area contributed by atoms with Gasteiger partial charge in [-0.3, -0.25) is 4.90 Å². The summed E-state index contributed by atoms with van der Waals surface area (Å²) in [4.78, 5) is 5.55. The average molecular weight is 357 g/mol. The summed E-state index contributed by atoms with van der Waals surface area (Å²) in [7, 11) is 0. The molecule has 2 atom stereocenters. The van der Waals surface area contributed by atoms with E-state index in [1.807, 2.05) is 11.3 Å². The normalized spacial score (nSPS) is 26.4. The molecule has 2 nitrogen and oxygen atoms in total. The summed E-state index contributed by atoms with van der Waals surface area (Å²) in [5.74, 6) is 0.927. The van der Waals surface area contributed by atoms with E-state index in [0.717, 1.165) is 18.5 Å². The van der Waals surface area contributed by atoms with Crippen molar-refractivity contribution in [2.24, 2.45) is 11.7 Å². The molecule has 4 heteroatoms. The minimum absolute atomic E-state index is 0.429. The number of likely N-dealkylation sites (tertiary alicyclic amines) is 1. The summed E-state index contributed by atoms with van der Waals surface area (Å²) in [6, 6.07) is 3.51. The first-order chi connectivity index (χ1) is 9.70. The summed E-state index contributed by atoms with van der Waals surface area (Å²) in [6.07, 6.45) is 8.48. The number of nitrogens with two attached hydrogens (primary N) is 1. The van der Waals surface area contributed by atoms with E-state index in [-0.39, 0.29) is 0 Å². The van der Waals surface area contributed by atoms with E-state index in [0.29, 0.717) is 6.04 Å². The predicted molar refractivity (Wildman–Crippen MR) is 90.2 cm³/mol. The quantitative estimate of drug-likeness (QED) is 0.861. The largest absolute Gasteiger partial charge is 0.329 e. The second-order valence-electron chi connectivity index (χ2n) is 6.30. The Kier molecular flexibility index (Phi) is 4.86. The van der Waals surface area contributed by atoms with Crippen LogP contribution in [0.3, 0.4) is 0 Å². The molecule has 1 aromatic rings. The van der Waals surface area contributed by atoms with E-state index in [2.05, 4.69) is 33.8 Å². The molecule has 1 saturated heterocycles. The fraction of sp³-hybridized carbons (Fsp3) is 0.750. The van der Waals surface area contributed by atoms with Crippen LogP contribution in [0.1, 0.15) is 54.3 Å². The molecule has 2 aliphatic rings. The fourth-order valence-corrected chi connectivity index (χ4v) is 5.81. The molecule has 2 unspecified atom stereocenters. The molecule has 1 aliphatic heterocycles. The van der Waals surface area contributed by atoms with E-state index < -0.39 is 0 Å². The third-order valence-corrected chi connectivity index (χ3v) is 7.35. The molecule has 3 rings (SSSR count). The number of aryl methyl sites for hydroxylation is 1. The van der Waals surface area contributed by atoms with Crippen LogP contribution in [-0.2, 0) is 0 Å². The van der Waals surface area contributed by atoms with Gasteiger partial charge in [-0.15, -0.1) is 11.3 Å².